The van der Waals surface area contributed by atoms with E-state index in [1.165, 1.54) is 0 Å². The van der Waals surface area contributed by atoms with E-state index in [4.69, 9.17) is 23.2 Å². The highest BCUT2D eigenvalue weighted by atomic mass is 35.5. The lowest BCUT2D eigenvalue weighted by atomic mass is 10.2. The smallest absolute Gasteiger partial charge is 0.253 e. The van der Waals surface area contributed by atoms with E-state index >= 15 is 0 Å². The van der Waals surface area contributed by atoms with Gasteiger partial charge in [0.1, 0.15) is 6.04 Å². The predicted octanol–water partition coefficient (Wildman–Crippen LogP) is 1.55. The minimum atomic E-state index is -0.657. The van der Waals surface area contributed by atoms with E-state index in [0.717, 1.165) is 32.7 Å². The van der Waals surface area contributed by atoms with Gasteiger partial charge in [-0.3, -0.25) is 14.5 Å². The largest absolute Gasteiger partial charge is 0.353 e. The number of hydrogen-bond acceptors (Lipinski definition) is 4. The third-order valence-electron chi connectivity index (χ3n) is 3.87. The van der Waals surface area contributed by atoms with Crippen LogP contribution in [0.4, 0.5) is 0 Å². The molecule has 0 saturated carbocycles. The Morgan fingerprint density at radius 2 is 1.96 bits per heavy atom. The molecule has 9 heteroatoms. The molecule has 25 heavy (non-hydrogen) atoms. The van der Waals surface area contributed by atoms with Crippen molar-refractivity contribution in [1.29, 1.82) is 0 Å². The molecule has 1 fully saturated rings. The van der Waals surface area contributed by atoms with Gasteiger partial charge in [-0.05, 0) is 19.1 Å². The number of halogens is 3. The number of amides is 2. The molecule has 1 atom stereocenters. The summed E-state index contributed by atoms with van der Waals surface area (Å²) in [6.07, 6.45) is 0. The van der Waals surface area contributed by atoms with Gasteiger partial charge in [0.05, 0.1) is 15.6 Å². The molecular formula is C16H23Cl3N4O2. The van der Waals surface area contributed by atoms with E-state index in [-0.39, 0.29) is 28.9 Å². The Labute approximate surface area is 164 Å². The molecule has 6 nitrogen and oxygen atoms in total. The second-order valence-electron chi connectivity index (χ2n) is 5.68. The summed E-state index contributed by atoms with van der Waals surface area (Å²) in [6, 6.07) is 4.16. The number of rotatable bonds is 6. The van der Waals surface area contributed by atoms with Gasteiger partial charge < -0.3 is 16.0 Å². The Morgan fingerprint density at radius 1 is 1.28 bits per heavy atom. The highest BCUT2D eigenvalue weighted by Crippen LogP contribution is 2.25. The van der Waals surface area contributed by atoms with Gasteiger partial charge in [0, 0.05) is 39.3 Å². The predicted molar refractivity (Wildman–Crippen MR) is 103 cm³/mol. The molecule has 1 aliphatic rings. The number of benzene rings is 1. The summed E-state index contributed by atoms with van der Waals surface area (Å²) in [5.41, 5.74) is 0.254. The van der Waals surface area contributed by atoms with Crippen LogP contribution in [-0.2, 0) is 4.79 Å². The number of nitrogens with zero attached hydrogens (tertiary/aromatic N) is 1. The Balaban J connectivity index is 0.00000312. The zero-order chi connectivity index (χ0) is 17.5. The summed E-state index contributed by atoms with van der Waals surface area (Å²) in [4.78, 5) is 26.6. The fraction of sp³-hybridized carbons (Fsp3) is 0.500. The van der Waals surface area contributed by atoms with Crippen LogP contribution in [0.1, 0.15) is 17.3 Å². The summed E-state index contributed by atoms with van der Waals surface area (Å²) < 4.78 is 0. The third-order valence-corrected chi connectivity index (χ3v) is 4.69. The maximum Gasteiger partial charge on any atom is 0.253 e. The normalized spacial score (nSPS) is 15.8. The Bertz CT molecular complexity index is 595. The second-order valence-corrected chi connectivity index (χ2v) is 6.46. The van der Waals surface area contributed by atoms with Crippen LogP contribution in [0.2, 0.25) is 10.0 Å². The molecule has 0 bridgehead atoms. The average Bonchev–Trinajstić information content (AvgIpc) is 2.58. The van der Waals surface area contributed by atoms with Crippen LogP contribution in [-0.4, -0.2) is 62.0 Å². The summed E-state index contributed by atoms with van der Waals surface area (Å²) in [5.74, 6) is -0.649. The molecule has 1 aromatic carbocycles. The summed E-state index contributed by atoms with van der Waals surface area (Å²) in [7, 11) is 0. The van der Waals surface area contributed by atoms with Gasteiger partial charge in [-0.15, -0.1) is 12.4 Å². The van der Waals surface area contributed by atoms with Crippen molar-refractivity contribution >= 4 is 47.4 Å². The number of hydrogen-bond donors (Lipinski definition) is 3. The zero-order valence-corrected chi connectivity index (χ0v) is 16.3. The van der Waals surface area contributed by atoms with Gasteiger partial charge in [0.2, 0.25) is 5.91 Å². The molecule has 140 valence electrons. The second kappa shape index (κ2) is 10.8. The first-order valence-electron chi connectivity index (χ1n) is 7.94. The minimum Gasteiger partial charge on any atom is -0.353 e. The number of carbonyl (C=O) groups excluding carboxylic acids is 2. The van der Waals surface area contributed by atoms with E-state index in [1.807, 2.05) is 0 Å². The first-order valence-corrected chi connectivity index (χ1v) is 8.70. The Kier molecular flexibility index (Phi) is 9.53. The molecule has 0 spiro atoms. The molecule has 1 unspecified atom stereocenters. The van der Waals surface area contributed by atoms with E-state index in [1.54, 1.807) is 25.1 Å². The third kappa shape index (κ3) is 6.64. The van der Waals surface area contributed by atoms with Crippen LogP contribution in [0.15, 0.2) is 18.2 Å². The summed E-state index contributed by atoms with van der Waals surface area (Å²) >= 11 is 11.9. The molecule has 1 saturated heterocycles. The highest BCUT2D eigenvalue weighted by Gasteiger charge is 2.19. The summed E-state index contributed by atoms with van der Waals surface area (Å²) in [6.45, 7) is 6.90. The fourth-order valence-corrected chi connectivity index (χ4v) is 2.83. The van der Waals surface area contributed by atoms with Gasteiger partial charge >= 0.3 is 0 Å². The topological polar surface area (TPSA) is 73.5 Å². The van der Waals surface area contributed by atoms with Crippen molar-refractivity contribution in [3.8, 4) is 0 Å². The standard InChI is InChI=1S/C16H22Cl2N4O2.ClH/c1-11(15(23)20-7-10-22-8-5-19-6-9-22)21-16(24)12-3-2-4-13(17)14(12)18;/h2-4,11,19H,5-10H2,1H3,(H,20,23)(H,21,24);1H. The average molecular weight is 410 g/mol. The fourth-order valence-electron chi connectivity index (χ4n) is 2.44. The van der Waals surface area contributed by atoms with Crippen molar-refractivity contribution in [1.82, 2.24) is 20.9 Å². The van der Waals surface area contributed by atoms with E-state index in [9.17, 15) is 9.59 Å². The van der Waals surface area contributed by atoms with Gasteiger partial charge in [-0.1, -0.05) is 29.3 Å². The van der Waals surface area contributed by atoms with Crippen molar-refractivity contribution in [2.24, 2.45) is 0 Å². The number of piperazine rings is 1. The summed E-state index contributed by atoms with van der Waals surface area (Å²) in [5, 5.41) is 9.24. The lowest BCUT2D eigenvalue weighted by Crippen LogP contribution is -2.49. The molecule has 0 aliphatic carbocycles. The van der Waals surface area contributed by atoms with Gasteiger partial charge in [-0.2, -0.15) is 0 Å². The molecule has 1 heterocycles. The van der Waals surface area contributed by atoms with Crippen molar-refractivity contribution in [3.63, 3.8) is 0 Å². The SMILES string of the molecule is CC(NC(=O)c1cccc(Cl)c1Cl)C(=O)NCCN1CCNCC1.Cl. The van der Waals surface area contributed by atoms with E-state index in [0.29, 0.717) is 11.6 Å². The number of nitrogens with one attached hydrogen (secondary N) is 3. The number of carbonyl (C=O) groups is 2. The lowest BCUT2D eigenvalue weighted by Gasteiger charge is -2.27. The maximum absolute atomic E-state index is 12.2. The molecule has 1 aromatic rings. The van der Waals surface area contributed by atoms with Crippen molar-refractivity contribution in [2.45, 2.75) is 13.0 Å². The van der Waals surface area contributed by atoms with Gasteiger partial charge in [-0.25, -0.2) is 0 Å². The molecule has 2 amide bonds. The van der Waals surface area contributed by atoms with Gasteiger partial charge in [0.15, 0.2) is 0 Å². The van der Waals surface area contributed by atoms with Crippen LogP contribution in [0, 0.1) is 0 Å². The minimum absolute atomic E-state index is 0. The molecule has 1 aliphatic heterocycles. The molecule has 3 N–H and O–H groups in total. The highest BCUT2D eigenvalue weighted by molar-refractivity contribution is 6.43. The van der Waals surface area contributed by atoms with Crippen LogP contribution in [0.25, 0.3) is 0 Å². The van der Waals surface area contributed by atoms with E-state index < -0.39 is 11.9 Å². The maximum atomic E-state index is 12.2. The molecule has 0 radical (unpaired) electrons. The first-order chi connectivity index (χ1) is 11.5. The quantitative estimate of drug-likeness (QED) is 0.666. The van der Waals surface area contributed by atoms with Crippen molar-refractivity contribution in [2.75, 3.05) is 39.3 Å². The Morgan fingerprint density at radius 3 is 2.64 bits per heavy atom. The van der Waals surface area contributed by atoms with Crippen molar-refractivity contribution in [3.05, 3.63) is 33.8 Å². The first kappa shape index (κ1) is 22.0. The molecule has 2 rings (SSSR count). The van der Waals surface area contributed by atoms with Crippen LogP contribution in [0.5, 0.6) is 0 Å². The van der Waals surface area contributed by atoms with Crippen LogP contribution < -0.4 is 16.0 Å². The van der Waals surface area contributed by atoms with Crippen molar-refractivity contribution < 1.29 is 9.59 Å². The molecular weight excluding hydrogens is 387 g/mol. The lowest BCUT2D eigenvalue weighted by molar-refractivity contribution is -0.122. The van der Waals surface area contributed by atoms with E-state index in [2.05, 4.69) is 20.9 Å². The van der Waals surface area contributed by atoms with Gasteiger partial charge in [0.25, 0.3) is 5.91 Å². The van der Waals surface area contributed by atoms with Crippen LogP contribution >= 0.6 is 35.6 Å². The monoisotopic (exact) mass is 408 g/mol. The Hall–Kier alpha value is -1.05. The zero-order valence-electron chi connectivity index (χ0n) is 14.0. The molecule has 0 aromatic heterocycles. The van der Waals surface area contributed by atoms with Crippen LogP contribution in [0.3, 0.4) is 0 Å².